The van der Waals surface area contributed by atoms with Gasteiger partial charge in [0, 0.05) is 6.92 Å². The number of aliphatic hydroxyl groups is 11. The summed E-state index contributed by atoms with van der Waals surface area (Å²) in [6, 6.07) is -1.22. The highest BCUT2D eigenvalue weighted by Crippen LogP contribution is 2.76. The molecule has 0 spiro atoms. The molecule has 23 heteroatoms. The van der Waals surface area contributed by atoms with Crippen molar-refractivity contribution in [3.05, 3.63) is 11.6 Å². The Labute approximate surface area is 449 Å². The molecule has 0 radical (unpaired) electrons. The lowest BCUT2D eigenvalue weighted by Gasteiger charge is -2.72. The number of ether oxygens (including phenoxy) is 8. The Bertz CT molecular complexity index is 2170. The van der Waals surface area contributed by atoms with Crippen LogP contribution < -0.4 is 5.32 Å². The Morgan fingerprint density at radius 1 is 0.649 bits per heavy atom. The van der Waals surface area contributed by atoms with E-state index >= 15 is 0 Å². The highest BCUT2D eigenvalue weighted by atomic mass is 16.8. The lowest BCUT2D eigenvalue weighted by molar-refractivity contribution is -0.352. The van der Waals surface area contributed by atoms with Gasteiger partial charge in [0.15, 0.2) is 25.2 Å². The van der Waals surface area contributed by atoms with Gasteiger partial charge in [-0.25, -0.2) is 0 Å². The largest absolute Gasteiger partial charge is 0.481 e. The molecule has 4 heterocycles. The van der Waals surface area contributed by atoms with Crippen molar-refractivity contribution in [3.63, 3.8) is 0 Å². The number of hydrogen-bond donors (Lipinski definition) is 13. The Balaban J connectivity index is 0.957. The number of nitrogens with one attached hydrogen (secondary N) is 1. The number of aliphatic carboxylic acids is 1. The number of rotatable bonds is 12. The first-order valence-electron chi connectivity index (χ1n) is 27.7. The lowest BCUT2D eigenvalue weighted by atomic mass is 9.33. The maximum absolute atomic E-state index is 14.0. The van der Waals surface area contributed by atoms with E-state index in [0.29, 0.717) is 38.5 Å². The van der Waals surface area contributed by atoms with Gasteiger partial charge >= 0.3 is 5.97 Å². The van der Waals surface area contributed by atoms with Gasteiger partial charge in [-0.15, -0.1) is 0 Å². The quantitative estimate of drug-likeness (QED) is 0.0817. The summed E-state index contributed by atoms with van der Waals surface area (Å²) in [5.41, 5.74) is -2.37. The van der Waals surface area contributed by atoms with Crippen molar-refractivity contribution in [2.24, 2.45) is 50.2 Å². The molecule has 13 N–H and O–H groups in total. The van der Waals surface area contributed by atoms with E-state index in [2.05, 4.69) is 59.9 Å². The summed E-state index contributed by atoms with van der Waals surface area (Å²) in [5.74, 6) is -1.81. The Morgan fingerprint density at radius 3 is 1.94 bits per heavy atom. The minimum Gasteiger partial charge on any atom is -0.481 e. The number of allylic oxidation sites excluding steroid dienone is 2. The summed E-state index contributed by atoms with van der Waals surface area (Å²) in [6.07, 6.45) is -20.0. The van der Waals surface area contributed by atoms with Crippen molar-refractivity contribution < 1.29 is 109 Å². The average Bonchev–Trinajstić information content (AvgIpc) is 3.36. The molecule has 4 saturated carbocycles. The van der Waals surface area contributed by atoms with Crippen LogP contribution in [-0.4, -0.2) is 222 Å². The zero-order valence-corrected chi connectivity index (χ0v) is 45.5. The number of aliphatic hydroxyl groups excluding tert-OH is 11. The highest BCUT2D eigenvalue weighted by Gasteiger charge is 2.72. The number of carboxylic acids is 1. The molecule has 1 amide bonds. The fraction of sp³-hybridized carbons (Fsp3) is 0.926. The van der Waals surface area contributed by atoms with Gasteiger partial charge in [-0.1, -0.05) is 60.1 Å². The van der Waals surface area contributed by atoms with Crippen LogP contribution in [0.2, 0.25) is 0 Å². The van der Waals surface area contributed by atoms with Gasteiger partial charge in [0.2, 0.25) is 5.91 Å². The SMILES string of the molecule is CC(=O)N[C@H]1[C@H](O[C@H]2CC[C@]3(C)[C@H]4CC=C5[C@@H]6CC(C)(C)CC[C@]6(C(=O)O)[C@H](O[C@@H]6O[C@H](CO)[C@@H](O)[C@H](O)[C@H]6O)C[C@@]5(C)[C@]4(C)CC[C@H]3C2(C)C)O[C@H](CO[C@@H]2OC[C@H](O)[C@H](O)[C@H]2O[C@@H]2OC[C@@H](O)[C@H](O)[C@H]2O)[C@@H](O)[C@@H]1O. The van der Waals surface area contributed by atoms with Crippen LogP contribution in [0.15, 0.2) is 11.6 Å². The average molecular weight is 1100 g/mol. The van der Waals surface area contributed by atoms with Crippen molar-refractivity contribution in [2.45, 2.75) is 236 Å². The molecule has 0 aromatic heterocycles. The second-order valence-electron chi connectivity index (χ2n) is 26.3. The maximum Gasteiger partial charge on any atom is 0.312 e. The summed E-state index contributed by atoms with van der Waals surface area (Å²) in [5, 5.41) is 132. The topological polar surface area (TPSA) is 363 Å². The number of hydrogen-bond acceptors (Lipinski definition) is 21. The van der Waals surface area contributed by atoms with Crippen LogP contribution in [0.5, 0.6) is 0 Å². The zero-order valence-electron chi connectivity index (χ0n) is 45.5. The van der Waals surface area contributed by atoms with Gasteiger partial charge in [0.1, 0.15) is 90.8 Å². The van der Waals surface area contributed by atoms with E-state index in [9.17, 15) is 70.9 Å². The fourth-order valence-electron chi connectivity index (χ4n) is 16.5. The summed E-state index contributed by atoms with van der Waals surface area (Å²) >= 11 is 0. The second-order valence-corrected chi connectivity index (χ2v) is 26.3. The molecule has 0 unspecified atom stereocenters. The van der Waals surface area contributed by atoms with Crippen molar-refractivity contribution in [2.75, 3.05) is 26.4 Å². The molecule has 9 rings (SSSR count). The van der Waals surface area contributed by atoms with Crippen LogP contribution in [0.4, 0.5) is 0 Å². The third kappa shape index (κ3) is 9.96. The Kier molecular flexibility index (Phi) is 16.7. The van der Waals surface area contributed by atoms with Crippen LogP contribution in [0.1, 0.15) is 113 Å². The van der Waals surface area contributed by atoms with Crippen LogP contribution in [0, 0.1) is 50.2 Å². The fourth-order valence-corrected chi connectivity index (χ4v) is 16.5. The third-order valence-corrected chi connectivity index (χ3v) is 21.1. The predicted molar refractivity (Wildman–Crippen MR) is 264 cm³/mol. The van der Waals surface area contributed by atoms with Gasteiger partial charge in [-0.05, 0) is 103 Å². The van der Waals surface area contributed by atoms with Crippen LogP contribution in [0.25, 0.3) is 0 Å². The molecule has 23 nitrogen and oxygen atoms in total. The summed E-state index contributed by atoms with van der Waals surface area (Å²) in [6.45, 7) is 14.9. The van der Waals surface area contributed by atoms with E-state index < -0.39 is 189 Å². The molecule has 440 valence electrons. The standard InChI is InChI=1S/C54H87NO22/c1-23(57)55-34-39(64)38(63)29(22-72-47-43(36(61)27(59)21-71-47)77-45-41(66)35(60)26(58)20-70-45)74-44(34)75-32-12-13-51(6)30(50(32,4)5)11-14-52(7)31(51)10-9-24-25-17-49(2,3)15-16-54(25,48(68)69)33(18-53(24,52)8)76-46-42(67)40(65)37(62)28(19-56)73-46/h9,25-47,56,58-67H,10-22H2,1-8H3,(H,55,57)(H,68,69)/t25-,26+,27-,28+,29+,30-,31+,32-,33+,34+,35-,36-,37+,38+,39+,40-,41+,42+,43+,44-,45-,46-,47-,51-,52+,53+,54+/m0/s1. The van der Waals surface area contributed by atoms with Gasteiger partial charge in [-0.2, -0.15) is 0 Å². The van der Waals surface area contributed by atoms with Gasteiger partial charge < -0.3 is 104 Å². The molecule has 4 saturated heterocycles. The highest BCUT2D eigenvalue weighted by molar-refractivity contribution is 5.78. The van der Waals surface area contributed by atoms with E-state index in [1.165, 1.54) is 6.92 Å². The number of carbonyl (C=O) groups is 2. The third-order valence-electron chi connectivity index (χ3n) is 21.1. The Hall–Kier alpha value is -2.08. The molecule has 4 aliphatic heterocycles. The normalized spacial score (nSPS) is 52.4. The molecule has 0 aromatic carbocycles. The molecule has 5 aliphatic carbocycles. The monoisotopic (exact) mass is 1100 g/mol. The Morgan fingerprint density at radius 2 is 1.27 bits per heavy atom. The molecular formula is C54H87NO22. The lowest BCUT2D eigenvalue weighted by Crippen LogP contribution is -2.69. The van der Waals surface area contributed by atoms with Crippen molar-refractivity contribution in [1.82, 2.24) is 5.32 Å². The molecule has 77 heavy (non-hydrogen) atoms. The molecule has 9 aliphatic rings. The van der Waals surface area contributed by atoms with Crippen molar-refractivity contribution in [3.8, 4) is 0 Å². The molecule has 8 fully saturated rings. The number of carbonyl (C=O) groups excluding carboxylic acids is 1. The first-order valence-corrected chi connectivity index (χ1v) is 27.7. The summed E-state index contributed by atoms with van der Waals surface area (Å²) in [7, 11) is 0. The molecule has 0 bridgehead atoms. The maximum atomic E-state index is 14.0. The smallest absolute Gasteiger partial charge is 0.312 e. The number of fused-ring (bicyclic) bond motifs is 7. The van der Waals surface area contributed by atoms with E-state index in [-0.39, 0.29) is 29.1 Å². The minimum absolute atomic E-state index is 0.0532. The molecular weight excluding hydrogens is 1010 g/mol. The van der Waals surface area contributed by atoms with Crippen LogP contribution in [-0.2, 0) is 47.5 Å². The van der Waals surface area contributed by atoms with Crippen LogP contribution in [0.3, 0.4) is 0 Å². The number of amides is 1. The minimum atomic E-state index is -1.74. The van der Waals surface area contributed by atoms with Gasteiger partial charge in [0.25, 0.3) is 0 Å². The zero-order chi connectivity index (χ0) is 56.3. The first-order chi connectivity index (χ1) is 36.0. The van der Waals surface area contributed by atoms with Gasteiger partial charge in [0.05, 0.1) is 38.6 Å². The second kappa shape index (κ2) is 21.6. The van der Waals surface area contributed by atoms with Crippen LogP contribution >= 0.6 is 0 Å². The summed E-state index contributed by atoms with van der Waals surface area (Å²) < 4.78 is 48.8. The van der Waals surface area contributed by atoms with Crippen molar-refractivity contribution in [1.29, 1.82) is 0 Å². The van der Waals surface area contributed by atoms with E-state index in [0.717, 1.165) is 18.4 Å². The number of carboxylic acid groups (broad SMARTS) is 1. The molecule has 27 atom stereocenters. The van der Waals surface area contributed by atoms with E-state index in [1.807, 2.05) is 0 Å². The van der Waals surface area contributed by atoms with E-state index in [1.54, 1.807) is 0 Å². The van der Waals surface area contributed by atoms with E-state index in [4.69, 9.17) is 37.9 Å². The predicted octanol–water partition coefficient (Wildman–Crippen LogP) is -1.08. The summed E-state index contributed by atoms with van der Waals surface area (Å²) in [4.78, 5) is 26.7. The van der Waals surface area contributed by atoms with Crippen molar-refractivity contribution >= 4 is 11.9 Å². The van der Waals surface area contributed by atoms with Gasteiger partial charge in [-0.3, -0.25) is 9.59 Å². The molecule has 0 aromatic rings. The first kappa shape index (κ1) is 59.5.